The molecule has 10 heavy (non-hydrogen) atoms. The van der Waals surface area contributed by atoms with Crippen LogP contribution >= 0.6 is 11.8 Å². The Labute approximate surface area is 63.3 Å². The van der Waals surface area contributed by atoms with E-state index in [1.165, 1.54) is 0 Å². The van der Waals surface area contributed by atoms with Gasteiger partial charge in [0.2, 0.25) is 0 Å². The fourth-order valence-electron chi connectivity index (χ4n) is 0.806. The SMILES string of the molecule is O=C(NO)C1CNCCS1. The van der Waals surface area contributed by atoms with Crippen molar-refractivity contribution < 1.29 is 10.0 Å². The van der Waals surface area contributed by atoms with Gasteiger partial charge in [-0.05, 0) is 0 Å². The zero-order chi connectivity index (χ0) is 7.40. The van der Waals surface area contributed by atoms with E-state index in [0.717, 1.165) is 12.3 Å². The van der Waals surface area contributed by atoms with Crippen LogP contribution in [0.3, 0.4) is 0 Å². The van der Waals surface area contributed by atoms with Gasteiger partial charge in [0.15, 0.2) is 0 Å². The van der Waals surface area contributed by atoms with E-state index in [1.54, 1.807) is 17.2 Å². The van der Waals surface area contributed by atoms with Gasteiger partial charge in [0, 0.05) is 18.8 Å². The number of hydrogen-bond acceptors (Lipinski definition) is 4. The van der Waals surface area contributed by atoms with Crippen LogP contribution in [0.2, 0.25) is 0 Å². The number of hydroxylamine groups is 1. The van der Waals surface area contributed by atoms with Crippen LogP contribution in [0.15, 0.2) is 0 Å². The molecule has 0 radical (unpaired) electrons. The van der Waals surface area contributed by atoms with Crippen molar-refractivity contribution in [3.05, 3.63) is 0 Å². The molecule has 1 amide bonds. The molecule has 0 spiro atoms. The quantitative estimate of drug-likeness (QED) is 0.349. The highest BCUT2D eigenvalue weighted by atomic mass is 32.2. The summed E-state index contributed by atoms with van der Waals surface area (Å²) in [5.41, 5.74) is 1.63. The molecule has 1 fully saturated rings. The molecule has 58 valence electrons. The lowest BCUT2D eigenvalue weighted by atomic mass is 10.4. The van der Waals surface area contributed by atoms with Crippen molar-refractivity contribution in [2.75, 3.05) is 18.8 Å². The van der Waals surface area contributed by atoms with Crippen molar-refractivity contribution in [2.24, 2.45) is 0 Å². The Morgan fingerprint density at radius 3 is 3.10 bits per heavy atom. The van der Waals surface area contributed by atoms with Crippen molar-refractivity contribution in [3.63, 3.8) is 0 Å². The largest absolute Gasteiger partial charge is 0.314 e. The van der Waals surface area contributed by atoms with Crippen molar-refractivity contribution in [2.45, 2.75) is 5.25 Å². The minimum Gasteiger partial charge on any atom is -0.314 e. The summed E-state index contributed by atoms with van der Waals surface area (Å²) in [6.45, 7) is 1.59. The van der Waals surface area contributed by atoms with Gasteiger partial charge in [-0.15, -0.1) is 11.8 Å². The molecule has 0 saturated carbocycles. The molecule has 1 heterocycles. The van der Waals surface area contributed by atoms with E-state index < -0.39 is 0 Å². The molecule has 1 saturated heterocycles. The summed E-state index contributed by atoms with van der Waals surface area (Å²) in [7, 11) is 0. The van der Waals surface area contributed by atoms with Gasteiger partial charge in [-0.3, -0.25) is 10.0 Å². The number of rotatable bonds is 1. The zero-order valence-electron chi connectivity index (χ0n) is 5.46. The molecule has 1 aliphatic heterocycles. The molecule has 1 rings (SSSR count). The first-order valence-electron chi connectivity index (χ1n) is 3.11. The minimum absolute atomic E-state index is 0.126. The Hall–Kier alpha value is -0.260. The van der Waals surface area contributed by atoms with Gasteiger partial charge >= 0.3 is 0 Å². The van der Waals surface area contributed by atoms with Crippen LogP contribution in [0.5, 0.6) is 0 Å². The second-order valence-electron chi connectivity index (χ2n) is 2.04. The molecular weight excluding hydrogens is 152 g/mol. The number of carbonyl (C=O) groups excluding carboxylic acids is 1. The second kappa shape index (κ2) is 3.80. The normalized spacial score (nSPS) is 25.9. The highest BCUT2D eigenvalue weighted by Crippen LogP contribution is 2.12. The van der Waals surface area contributed by atoms with Crippen LogP contribution in [-0.2, 0) is 4.79 Å². The smallest absolute Gasteiger partial charge is 0.257 e. The maximum atomic E-state index is 10.7. The Kier molecular flexibility index (Phi) is 2.98. The van der Waals surface area contributed by atoms with Gasteiger partial charge in [-0.2, -0.15) is 0 Å². The topological polar surface area (TPSA) is 61.4 Å². The monoisotopic (exact) mass is 162 g/mol. The lowest BCUT2D eigenvalue weighted by molar-refractivity contribution is -0.128. The predicted octanol–water partition coefficient (Wildman–Crippen LogP) is -0.803. The fraction of sp³-hybridized carbons (Fsp3) is 0.800. The van der Waals surface area contributed by atoms with Gasteiger partial charge in [-0.25, -0.2) is 5.48 Å². The number of amides is 1. The molecule has 1 atom stereocenters. The molecule has 0 aromatic rings. The number of hydrogen-bond donors (Lipinski definition) is 3. The molecule has 0 aromatic heterocycles. The van der Waals surface area contributed by atoms with E-state index >= 15 is 0 Å². The van der Waals surface area contributed by atoms with E-state index in [9.17, 15) is 4.79 Å². The standard InChI is InChI=1S/C5H10N2O2S/c8-5(7-9)4-3-6-1-2-10-4/h4,6,9H,1-3H2,(H,7,8). The molecular formula is C5H10N2O2S. The van der Waals surface area contributed by atoms with Crippen LogP contribution in [-0.4, -0.2) is 35.2 Å². The number of nitrogens with one attached hydrogen (secondary N) is 2. The predicted molar refractivity (Wildman–Crippen MR) is 39.0 cm³/mol. The van der Waals surface area contributed by atoms with Crippen LogP contribution in [0.1, 0.15) is 0 Å². The third-order valence-electron chi connectivity index (χ3n) is 1.33. The van der Waals surface area contributed by atoms with Crippen LogP contribution in [0, 0.1) is 0 Å². The van der Waals surface area contributed by atoms with Gasteiger partial charge in [0.05, 0.1) is 5.25 Å². The summed E-state index contributed by atoms with van der Waals surface area (Å²) >= 11 is 1.56. The summed E-state index contributed by atoms with van der Waals surface area (Å²) < 4.78 is 0. The minimum atomic E-state index is -0.308. The first-order valence-corrected chi connectivity index (χ1v) is 4.15. The summed E-state index contributed by atoms with van der Waals surface area (Å²) in [6, 6.07) is 0. The summed E-state index contributed by atoms with van der Waals surface area (Å²) in [6.07, 6.45) is 0. The van der Waals surface area contributed by atoms with Gasteiger partial charge in [-0.1, -0.05) is 0 Å². The molecule has 0 aromatic carbocycles. The highest BCUT2D eigenvalue weighted by molar-refractivity contribution is 8.00. The Bertz CT molecular complexity index is 125. The van der Waals surface area contributed by atoms with Crippen molar-refractivity contribution in [1.82, 2.24) is 10.8 Å². The molecule has 0 bridgehead atoms. The van der Waals surface area contributed by atoms with Crippen molar-refractivity contribution >= 4 is 17.7 Å². The van der Waals surface area contributed by atoms with Crippen LogP contribution < -0.4 is 10.8 Å². The Morgan fingerprint density at radius 1 is 1.80 bits per heavy atom. The molecule has 5 heteroatoms. The Balaban J connectivity index is 2.31. The molecule has 0 aliphatic carbocycles. The summed E-state index contributed by atoms with van der Waals surface area (Å²) in [4.78, 5) is 10.7. The lowest BCUT2D eigenvalue weighted by Gasteiger charge is -2.19. The first-order chi connectivity index (χ1) is 4.84. The van der Waals surface area contributed by atoms with Gasteiger partial charge < -0.3 is 5.32 Å². The average Bonchev–Trinajstić information content (AvgIpc) is 2.05. The number of carbonyl (C=O) groups is 1. The lowest BCUT2D eigenvalue weighted by Crippen LogP contribution is -2.42. The van der Waals surface area contributed by atoms with Gasteiger partial charge in [0.25, 0.3) is 5.91 Å². The van der Waals surface area contributed by atoms with E-state index in [4.69, 9.17) is 5.21 Å². The Morgan fingerprint density at radius 2 is 2.60 bits per heavy atom. The van der Waals surface area contributed by atoms with E-state index in [1.807, 2.05) is 0 Å². The molecule has 3 N–H and O–H groups in total. The summed E-state index contributed by atoms with van der Waals surface area (Å²) in [5, 5.41) is 11.2. The van der Waals surface area contributed by atoms with Crippen molar-refractivity contribution in [1.29, 1.82) is 0 Å². The third kappa shape index (κ3) is 1.86. The van der Waals surface area contributed by atoms with Crippen LogP contribution in [0.4, 0.5) is 0 Å². The maximum absolute atomic E-state index is 10.7. The van der Waals surface area contributed by atoms with E-state index in [-0.39, 0.29) is 11.2 Å². The molecule has 1 unspecified atom stereocenters. The fourth-order valence-corrected chi connectivity index (χ4v) is 1.79. The first kappa shape index (κ1) is 7.84. The van der Waals surface area contributed by atoms with Gasteiger partial charge in [0.1, 0.15) is 0 Å². The van der Waals surface area contributed by atoms with Crippen LogP contribution in [0.25, 0.3) is 0 Å². The second-order valence-corrected chi connectivity index (χ2v) is 3.35. The highest BCUT2D eigenvalue weighted by Gasteiger charge is 2.20. The third-order valence-corrected chi connectivity index (χ3v) is 2.55. The van der Waals surface area contributed by atoms with Crippen molar-refractivity contribution in [3.8, 4) is 0 Å². The zero-order valence-corrected chi connectivity index (χ0v) is 6.28. The molecule has 4 nitrogen and oxygen atoms in total. The van der Waals surface area contributed by atoms with E-state index in [0.29, 0.717) is 6.54 Å². The maximum Gasteiger partial charge on any atom is 0.257 e. The molecule has 1 aliphatic rings. The van der Waals surface area contributed by atoms with E-state index in [2.05, 4.69) is 5.32 Å². The average molecular weight is 162 g/mol. The summed E-state index contributed by atoms with van der Waals surface area (Å²) in [5.74, 6) is 0.621. The number of thioether (sulfide) groups is 1.